The first-order chi connectivity index (χ1) is 12.9. The van der Waals surface area contributed by atoms with E-state index >= 15 is 0 Å². The molecule has 164 valence electrons. The van der Waals surface area contributed by atoms with E-state index in [1.165, 1.54) is 0 Å². The summed E-state index contributed by atoms with van der Waals surface area (Å²) in [7, 11) is 14.3. The fourth-order valence-electron chi connectivity index (χ4n) is 6.27. The molecule has 7 heteroatoms. The molecule has 3 N–H and O–H groups in total. The van der Waals surface area contributed by atoms with Crippen molar-refractivity contribution in [2.24, 2.45) is 0 Å². The van der Waals surface area contributed by atoms with Gasteiger partial charge in [0.05, 0.1) is 39.3 Å². The number of quaternary nitrogens is 3. The molecule has 0 aromatic heterocycles. The average Bonchev–Trinajstić information content (AvgIpc) is 3.06. The first kappa shape index (κ1) is 22.9. The highest BCUT2D eigenvalue weighted by molar-refractivity contribution is 7.58. The molecule has 3 saturated heterocycles. The second kappa shape index (κ2) is 8.03. The average molecular weight is 416 g/mol. The molecule has 0 aromatic rings. The molecule has 3 fully saturated rings. The lowest BCUT2D eigenvalue weighted by molar-refractivity contribution is -0.926. The molecule has 28 heavy (non-hydrogen) atoms. The van der Waals surface area contributed by atoms with Crippen molar-refractivity contribution in [1.82, 2.24) is 14.7 Å². The van der Waals surface area contributed by atoms with Crippen LogP contribution in [-0.4, -0.2) is 111 Å². The molecule has 0 spiro atoms. The van der Waals surface area contributed by atoms with Crippen LogP contribution in [0.1, 0.15) is 41.5 Å². The van der Waals surface area contributed by atoms with Crippen LogP contribution in [0, 0.1) is 0 Å². The molecule has 0 aliphatic carbocycles. The summed E-state index contributed by atoms with van der Waals surface area (Å²) in [5.41, 5.74) is 0. The monoisotopic (exact) mass is 415 g/mol. The minimum Gasteiger partial charge on any atom is -0.315 e. The Bertz CT molecular complexity index is 445. The van der Waals surface area contributed by atoms with Gasteiger partial charge < -0.3 is 14.7 Å². The Morgan fingerprint density at radius 3 is 0.857 bits per heavy atom. The van der Waals surface area contributed by atoms with Crippen molar-refractivity contribution in [1.29, 1.82) is 0 Å². The number of hydrogen-bond donors (Lipinski definition) is 3. The third-order valence-electron chi connectivity index (χ3n) is 9.48. The highest BCUT2D eigenvalue weighted by Gasteiger charge is 2.63. The minimum atomic E-state index is -0.293. The van der Waals surface area contributed by atoms with Crippen LogP contribution in [0.15, 0.2) is 0 Å². The lowest BCUT2D eigenvalue weighted by Crippen LogP contribution is -3.20. The molecule has 3 aliphatic heterocycles. The van der Waals surface area contributed by atoms with E-state index in [-0.39, 0.29) is 7.92 Å². The topological polar surface area (TPSA) is 23.0 Å². The molecule has 0 bridgehead atoms. The summed E-state index contributed by atoms with van der Waals surface area (Å²) < 4.78 is 0. The van der Waals surface area contributed by atoms with Gasteiger partial charge in [-0.25, -0.2) is 14.7 Å². The van der Waals surface area contributed by atoms with E-state index in [0.717, 1.165) is 0 Å². The SMILES string of the molecule is CC1C(C)[NH+](C)C(P(C2N(C)C(C)C(C)[NH+]2C)C2N(C)C(C)C(C)[NH+]2C)N1C. The third kappa shape index (κ3) is 3.19. The molecular formula is C21H48N6P+3. The molecule has 3 aliphatic rings. The quantitative estimate of drug-likeness (QED) is 0.466. The Balaban J connectivity index is 2.08. The van der Waals surface area contributed by atoms with Gasteiger partial charge in [-0.2, -0.15) is 0 Å². The fraction of sp³-hybridized carbons (Fsp3) is 1.00. The summed E-state index contributed by atoms with van der Waals surface area (Å²) >= 11 is 0. The number of nitrogens with zero attached hydrogens (tertiary/aromatic N) is 3. The number of hydrogen-bond acceptors (Lipinski definition) is 3. The maximum Gasteiger partial charge on any atom is 0.176 e. The van der Waals surface area contributed by atoms with Crippen molar-refractivity contribution in [3.63, 3.8) is 0 Å². The van der Waals surface area contributed by atoms with E-state index in [0.29, 0.717) is 54.0 Å². The first-order valence-electron chi connectivity index (χ1n) is 11.4. The Labute approximate surface area is 175 Å². The molecule has 12 unspecified atom stereocenters. The Morgan fingerprint density at radius 1 is 0.500 bits per heavy atom. The predicted molar refractivity (Wildman–Crippen MR) is 119 cm³/mol. The van der Waals surface area contributed by atoms with E-state index < -0.39 is 0 Å². The van der Waals surface area contributed by atoms with Gasteiger partial charge in [-0.1, -0.05) is 0 Å². The summed E-state index contributed by atoms with van der Waals surface area (Å²) in [6.07, 6.45) is 0. The van der Waals surface area contributed by atoms with Crippen LogP contribution in [0.25, 0.3) is 0 Å². The summed E-state index contributed by atoms with van der Waals surface area (Å²) in [6.45, 7) is 14.6. The predicted octanol–water partition coefficient (Wildman–Crippen LogP) is -1.97. The lowest BCUT2D eigenvalue weighted by atomic mass is 10.2. The fourth-order valence-corrected chi connectivity index (χ4v) is 11.1. The number of rotatable bonds is 3. The first-order valence-corrected chi connectivity index (χ1v) is 12.9. The molecule has 3 rings (SSSR count). The van der Waals surface area contributed by atoms with E-state index in [1.54, 1.807) is 14.7 Å². The van der Waals surface area contributed by atoms with E-state index in [2.05, 4.69) is 98.5 Å². The van der Waals surface area contributed by atoms with Crippen molar-refractivity contribution in [3.8, 4) is 0 Å². The molecule has 6 nitrogen and oxygen atoms in total. The van der Waals surface area contributed by atoms with E-state index in [9.17, 15) is 0 Å². The second-order valence-electron chi connectivity index (χ2n) is 10.4. The van der Waals surface area contributed by atoms with Gasteiger partial charge in [0.2, 0.25) is 0 Å². The van der Waals surface area contributed by atoms with Gasteiger partial charge >= 0.3 is 0 Å². The van der Waals surface area contributed by atoms with Crippen molar-refractivity contribution < 1.29 is 14.7 Å². The summed E-state index contributed by atoms with van der Waals surface area (Å²) in [6, 6.07) is 3.97. The highest BCUT2D eigenvalue weighted by atomic mass is 31.1. The highest BCUT2D eigenvalue weighted by Crippen LogP contribution is 2.52. The Morgan fingerprint density at radius 2 is 0.714 bits per heavy atom. The smallest absolute Gasteiger partial charge is 0.176 e. The van der Waals surface area contributed by atoms with Gasteiger partial charge in [-0.15, -0.1) is 0 Å². The van der Waals surface area contributed by atoms with Crippen LogP contribution >= 0.6 is 7.92 Å². The molecular weight excluding hydrogens is 367 g/mol. The van der Waals surface area contributed by atoms with E-state index in [1.807, 2.05) is 0 Å². The summed E-state index contributed by atoms with van der Waals surface area (Å²) in [5, 5.41) is 0. The van der Waals surface area contributed by atoms with Gasteiger partial charge in [0.25, 0.3) is 0 Å². The van der Waals surface area contributed by atoms with E-state index in [4.69, 9.17) is 0 Å². The second-order valence-corrected chi connectivity index (χ2v) is 12.7. The van der Waals surface area contributed by atoms with Crippen LogP contribution in [0.2, 0.25) is 0 Å². The van der Waals surface area contributed by atoms with Crippen LogP contribution in [0.3, 0.4) is 0 Å². The van der Waals surface area contributed by atoms with Crippen molar-refractivity contribution in [2.75, 3.05) is 42.3 Å². The van der Waals surface area contributed by atoms with Crippen LogP contribution in [0.5, 0.6) is 0 Å². The van der Waals surface area contributed by atoms with Crippen LogP contribution < -0.4 is 14.7 Å². The number of likely N-dealkylation sites (N-methyl/N-ethyl adjacent to an activating group) is 6. The van der Waals surface area contributed by atoms with Gasteiger partial charge in [-0.05, 0) is 62.7 Å². The zero-order valence-corrected chi connectivity index (χ0v) is 21.4. The number of nitrogens with one attached hydrogen (secondary N) is 3. The summed E-state index contributed by atoms with van der Waals surface area (Å²) in [5.74, 6) is 1.83. The largest absolute Gasteiger partial charge is 0.315 e. The van der Waals surface area contributed by atoms with Crippen molar-refractivity contribution in [2.45, 2.75) is 95.5 Å². The van der Waals surface area contributed by atoms with Gasteiger partial charge in [-0.3, -0.25) is 0 Å². The minimum absolute atomic E-state index is 0.293. The van der Waals surface area contributed by atoms with Gasteiger partial charge in [0.15, 0.2) is 17.7 Å². The molecule has 0 radical (unpaired) electrons. The maximum atomic E-state index is 2.73. The Kier molecular flexibility index (Phi) is 6.56. The molecule has 0 amide bonds. The van der Waals surface area contributed by atoms with Crippen LogP contribution in [0.4, 0.5) is 0 Å². The zero-order chi connectivity index (χ0) is 21.2. The molecule has 0 saturated carbocycles. The third-order valence-corrected chi connectivity index (χ3v) is 13.5. The molecule has 0 aromatic carbocycles. The normalized spacial score (nSPS) is 55.3. The lowest BCUT2D eigenvalue weighted by Gasteiger charge is -2.42. The maximum absolute atomic E-state index is 2.73. The van der Waals surface area contributed by atoms with Crippen molar-refractivity contribution >= 4 is 7.92 Å². The van der Waals surface area contributed by atoms with Crippen LogP contribution in [-0.2, 0) is 0 Å². The molecule has 3 heterocycles. The van der Waals surface area contributed by atoms with Gasteiger partial charge in [0, 0.05) is 0 Å². The van der Waals surface area contributed by atoms with Crippen molar-refractivity contribution in [3.05, 3.63) is 0 Å². The Hall–Kier alpha value is 0.190. The summed E-state index contributed by atoms with van der Waals surface area (Å²) in [4.78, 5) is 13.4. The standard InChI is InChI=1S/C21H45N6P/c1-13-14(2)23(8)19(22(13)7)28(20-24(9)15(3)16(4)25(20)10)21-26(11)17(5)18(6)27(21)12/h13-21H,1-12H3/p+3. The molecule has 12 atom stereocenters. The zero-order valence-electron chi connectivity index (χ0n) is 20.5. The van der Waals surface area contributed by atoms with Gasteiger partial charge in [0.1, 0.15) is 26.0 Å².